The SMILES string of the molecule is OP(O)O.O[Si](O)(O)O. The maximum absolute atomic E-state index is 7.33. The smallest absolute Gasteiger partial charge is 0.368 e. The lowest BCUT2D eigenvalue weighted by molar-refractivity contribution is 0.117. The van der Waals surface area contributed by atoms with E-state index in [4.69, 9.17) is 33.9 Å². The molecule has 0 unspecified atom stereocenters. The highest BCUT2D eigenvalue weighted by molar-refractivity contribution is 7.38. The van der Waals surface area contributed by atoms with Crippen LogP contribution in [0.3, 0.4) is 0 Å². The lowest BCUT2D eigenvalue weighted by atomic mass is 15.7. The van der Waals surface area contributed by atoms with Crippen molar-refractivity contribution < 1.29 is 33.9 Å². The van der Waals surface area contributed by atoms with Crippen LogP contribution in [0.4, 0.5) is 0 Å². The third-order valence-electron chi connectivity index (χ3n) is 0. The molecule has 0 atom stereocenters. The quantitative estimate of drug-likeness (QED) is 0.151. The van der Waals surface area contributed by atoms with Crippen molar-refractivity contribution >= 4 is 17.7 Å². The van der Waals surface area contributed by atoms with Gasteiger partial charge in [-0.25, -0.2) is 0 Å². The molecular formula is H7O7PSi. The molecule has 0 radical (unpaired) electrons. The van der Waals surface area contributed by atoms with Gasteiger partial charge >= 0.3 is 17.7 Å². The lowest BCUT2D eigenvalue weighted by Crippen LogP contribution is -2.33. The van der Waals surface area contributed by atoms with Gasteiger partial charge in [0.05, 0.1) is 0 Å². The van der Waals surface area contributed by atoms with Crippen LogP contribution in [0.2, 0.25) is 0 Å². The second-order valence-electron chi connectivity index (χ2n) is 0.868. The second kappa shape index (κ2) is 5.18. The number of rotatable bonds is 0. The van der Waals surface area contributed by atoms with Crippen molar-refractivity contribution in [1.82, 2.24) is 0 Å². The molecule has 9 heteroatoms. The van der Waals surface area contributed by atoms with Crippen LogP contribution in [-0.4, -0.2) is 42.9 Å². The highest BCUT2D eigenvalue weighted by Gasteiger charge is 2.22. The van der Waals surface area contributed by atoms with Crippen LogP contribution in [0, 0.1) is 0 Å². The Hall–Kier alpha value is 0.367. The minimum absolute atomic E-state index is 2.62. The number of hydrogen-bond donors (Lipinski definition) is 7. The van der Waals surface area contributed by atoms with E-state index in [-0.39, 0.29) is 0 Å². The van der Waals surface area contributed by atoms with Gasteiger partial charge in [0.25, 0.3) is 0 Å². The fourth-order valence-electron chi connectivity index (χ4n) is 0. The first-order chi connectivity index (χ1) is 3.73. The third kappa shape index (κ3) is 2520. The third-order valence-corrected chi connectivity index (χ3v) is 0. The zero-order valence-corrected chi connectivity index (χ0v) is 5.97. The molecule has 0 aromatic rings. The lowest BCUT2D eigenvalue weighted by Gasteiger charge is -1.91. The molecule has 0 fully saturated rings. The highest BCUT2D eigenvalue weighted by atomic mass is 31.2. The standard InChI is InChI=1S/H4O4Si.H3O3P/c1-5(2,3)4;1-4(2)3/h1-4H;1-3H. The Balaban J connectivity index is 0. The van der Waals surface area contributed by atoms with Gasteiger partial charge in [0.2, 0.25) is 0 Å². The Morgan fingerprint density at radius 3 is 0.778 bits per heavy atom. The molecule has 7 nitrogen and oxygen atoms in total. The highest BCUT2D eigenvalue weighted by Crippen LogP contribution is 2.11. The van der Waals surface area contributed by atoms with Gasteiger partial charge < -0.3 is 33.9 Å². The molecule has 0 aromatic heterocycles. The minimum atomic E-state index is -4.61. The first-order valence-electron chi connectivity index (χ1n) is 1.49. The Labute approximate surface area is 52.6 Å². The van der Waals surface area contributed by atoms with Crippen molar-refractivity contribution in [3.63, 3.8) is 0 Å². The summed E-state index contributed by atoms with van der Waals surface area (Å²) in [5.74, 6) is 0. The summed E-state index contributed by atoms with van der Waals surface area (Å²) in [6, 6.07) is 0. The van der Waals surface area contributed by atoms with Gasteiger partial charge in [-0.15, -0.1) is 0 Å². The molecule has 9 heavy (non-hydrogen) atoms. The van der Waals surface area contributed by atoms with Crippen molar-refractivity contribution in [3.8, 4) is 0 Å². The van der Waals surface area contributed by atoms with Gasteiger partial charge in [-0.2, -0.15) is 0 Å². The molecule has 0 amide bonds. The summed E-state index contributed by atoms with van der Waals surface area (Å²) in [6.45, 7) is 0. The van der Waals surface area contributed by atoms with Crippen molar-refractivity contribution in [2.45, 2.75) is 0 Å². The predicted octanol–water partition coefficient (Wildman–Crippen LogP) is -3.42. The first kappa shape index (κ1) is 12.1. The molecule has 58 valence electrons. The summed E-state index contributed by atoms with van der Waals surface area (Å²) in [5.41, 5.74) is 0. The summed E-state index contributed by atoms with van der Waals surface area (Å²) in [4.78, 5) is 51.0. The molecular weight excluding hydrogens is 171 g/mol. The maximum Gasteiger partial charge on any atom is 0.668 e. The molecule has 0 saturated carbocycles. The average molecular weight is 178 g/mol. The van der Waals surface area contributed by atoms with Crippen LogP contribution in [0.25, 0.3) is 0 Å². The van der Waals surface area contributed by atoms with Crippen LogP contribution in [0.5, 0.6) is 0 Å². The summed E-state index contributed by atoms with van der Waals surface area (Å²) < 4.78 is 0. The molecule has 7 N–H and O–H groups in total. The van der Waals surface area contributed by atoms with Crippen molar-refractivity contribution in [2.24, 2.45) is 0 Å². The zero-order valence-electron chi connectivity index (χ0n) is 4.08. The molecule has 0 saturated heterocycles. The molecule has 0 aliphatic rings. The van der Waals surface area contributed by atoms with E-state index >= 15 is 0 Å². The maximum atomic E-state index is 7.33. The molecule has 0 aromatic carbocycles. The van der Waals surface area contributed by atoms with E-state index < -0.39 is 17.7 Å². The summed E-state index contributed by atoms with van der Waals surface area (Å²) in [7, 11) is -7.23. The molecule has 0 aliphatic carbocycles. The first-order valence-corrected chi connectivity index (χ1v) is 4.48. The fourth-order valence-corrected chi connectivity index (χ4v) is 0. The van der Waals surface area contributed by atoms with Crippen molar-refractivity contribution in [2.75, 3.05) is 0 Å². The molecule has 0 aliphatic heterocycles. The van der Waals surface area contributed by atoms with Crippen LogP contribution < -0.4 is 0 Å². The molecule has 0 rings (SSSR count). The van der Waals surface area contributed by atoms with Crippen LogP contribution in [0.1, 0.15) is 0 Å². The minimum Gasteiger partial charge on any atom is -0.368 e. The Bertz CT molecular complexity index is 45.7. The Morgan fingerprint density at radius 2 is 0.778 bits per heavy atom. The summed E-state index contributed by atoms with van der Waals surface area (Å²) in [6.07, 6.45) is 0. The monoisotopic (exact) mass is 178 g/mol. The second-order valence-corrected chi connectivity index (χ2v) is 2.60. The van der Waals surface area contributed by atoms with E-state index in [1.807, 2.05) is 0 Å². The Morgan fingerprint density at radius 1 is 0.778 bits per heavy atom. The van der Waals surface area contributed by atoms with Crippen LogP contribution in [0.15, 0.2) is 0 Å². The van der Waals surface area contributed by atoms with Crippen molar-refractivity contribution in [3.05, 3.63) is 0 Å². The largest absolute Gasteiger partial charge is 0.668 e. The van der Waals surface area contributed by atoms with Crippen LogP contribution in [-0.2, 0) is 0 Å². The van der Waals surface area contributed by atoms with Gasteiger partial charge in [0.1, 0.15) is 0 Å². The van der Waals surface area contributed by atoms with Gasteiger partial charge in [-0.3, -0.25) is 0 Å². The molecule has 0 bridgehead atoms. The predicted molar refractivity (Wildman–Crippen MR) is 28.2 cm³/mol. The van der Waals surface area contributed by atoms with Crippen LogP contribution >= 0.6 is 8.60 Å². The fraction of sp³-hybridized carbons (Fsp3) is 0. The van der Waals surface area contributed by atoms with Crippen molar-refractivity contribution in [1.29, 1.82) is 0 Å². The van der Waals surface area contributed by atoms with E-state index in [9.17, 15) is 0 Å². The molecule has 0 heterocycles. The van der Waals surface area contributed by atoms with E-state index in [2.05, 4.69) is 0 Å². The van der Waals surface area contributed by atoms with Gasteiger partial charge in [0.15, 0.2) is 0 Å². The zero-order chi connectivity index (χ0) is 8.08. The number of hydrogen-bond acceptors (Lipinski definition) is 7. The van der Waals surface area contributed by atoms with E-state index in [1.54, 1.807) is 0 Å². The average Bonchev–Trinajstić information content (AvgIpc) is 1.19. The van der Waals surface area contributed by atoms with E-state index in [1.165, 1.54) is 0 Å². The summed E-state index contributed by atoms with van der Waals surface area (Å²) in [5, 5.41) is 0. The van der Waals surface area contributed by atoms with Gasteiger partial charge in [0, 0.05) is 0 Å². The van der Waals surface area contributed by atoms with E-state index in [0.717, 1.165) is 0 Å². The molecule has 0 spiro atoms. The Kier molecular flexibility index (Phi) is 6.95. The summed E-state index contributed by atoms with van der Waals surface area (Å²) >= 11 is 0. The van der Waals surface area contributed by atoms with E-state index in [0.29, 0.717) is 0 Å². The topological polar surface area (TPSA) is 142 Å². The van der Waals surface area contributed by atoms with Gasteiger partial charge in [-0.1, -0.05) is 0 Å². The van der Waals surface area contributed by atoms with Gasteiger partial charge in [-0.05, 0) is 0 Å². The normalized spacial score (nSPS) is 10.7.